The molecule has 0 aliphatic carbocycles. The second-order valence-corrected chi connectivity index (χ2v) is 3.81. The van der Waals surface area contributed by atoms with Gasteiger partial charge in [-0.3, -0.25) is 14.4 Å². The maximum absolute atomic E-state index is 11.8. The number of carboxylic acid groups (broad SMARTS) is 1. The van der Waals surface area contributed by atoms with Crippen LogP contribution in [0.5, 0.6) is 5.75 Å². The number of amides is 2. The molecule has 0 unspecified atom stereocenters. The third-order valence-corrected chi connectivity index (χ3v) is 2.25. The average molecular weight is 280 g/mol. The van der Waals surface area contributed by atoms with Crippen molar-refractivity contribution in [2.24, 2.45) is 0 Å². The van der Waals surface area contributed by atoms with Gasteiger partial charge < -0.3 is 20.5 Å². The Balaban J connectivity index is 2.48. The molecule has 0 fully saturated rings. The molecule has 20 heavy (non-hydrogen) atoms. The first-order valence-electron chi connectivity index (χ1n) is 6.02. The lowest BCUT2D eigenvalue weighted by Crippen LogP contribution is -2.39. The van der Waals surface area contributed by atoms with Crippen molar-refractivity contribution >= 4 is 17.8 Å². The Morgan fingerprint density at radius 3 is 2.60 bits per heavy atom. The van der Waals surface area contributed by atoms with Gasteiger partial charge in [-0.2, -0.15) is 0 Å². The molecule has 1 rings (SSSR count). The van der Waals surface area contributed by atoms with Gasteiger partial charge in [-0.05, 0) is 25.1 Å². The van der Waals surface area contributed by atoms with Gasteiger partial charge in [-0.15, -0.1) is 0 Å². The number of carbonyl (C=O) groups is 3. The Kier molecular flexibility index (Phi) is 6.02. The molecular formula is C13H16N2O5. The number of carbonyl (C=O) groups excluding carboxylic acids is 2. The van der Waals surface area contributed by atoms with E-state index in [1.54, 1.807) is 24.3 Å². The lowest BCUT2D eigenvalue weighted by Gasteiger charge is -2.07. The number of ether oxygens (including phenoxy) is 1. The third kappa shape index (κ3) is 5.38. The van der Waals surface area contributed by atoms with Crippen LogP contribution in [-0.2, 0) is 9.59 Å². The van der Waals surface area contributed by atoms with Crippen molar-refractivity contribution in [1.82, 2.24) is 10.6 Å². The topological polar surface area (TPSA) is 105 Å². The van der Waals surface area contributed by atoms with E-state index in [0.29, 0.717) is 17.9 Å². The monoisotopic (exact) mass is 280 g/mol. The molecule has 0 radical (unpaired) electrons. The van der Waals surface area contributed by atoms with Gasteiger partial charge >= 0.3 is 5.97 Å². The van der Waals surface area contributed by atoms with E-state index in [-0.39, 0.29) is 6.54 Å². The smallest absolute Gasteiger partial charge is 0.322 e. The summed E-state index contributed by atoms with van der Waals surface area (Å²) in [6, 6.07) is 6.55. The molecule has 0 saturated heterocycles. The highest BCUT2D eigenvalue weighted by molar-refractivity contribution is 5.97. The molecule has 1 aromatic carbocycles. The number of nitrogens with one attached hydrogen (secondary N) is 2. The number of benzene rings is 1. The van der Waals surface area contributed by atoms with Crippen LogP contribution in [0, 0.1) is 0 Å². The summed E-state index contributed by atoms with van der Waals surface area (Å²) in [7, 11) is 0. The van der Waals surface area contributed by atoms with Gasteiger partial charge in [0, 0.05) is 5.56 Å². The normalized spacial score (nSPS) is 9.65. The van der Waals surface area contributed by atoms with E-state index >= 15 is 0 Å². The molecule has 0 saturated carbocycles. The van der Waals surface area contributed by atoms with E-state index in [4.69, 9.17) is 9.84 Å². The predicted octanol–water partition coefficient (Wildman–Crippen LogP) is 0.0159. The quantitative estimate of drug-likeness (QED) is 0.653. The minimum absolute atomic E-state index is 0.287. The number of rotatable bonds is 7. The van der Waals surface area contributed by atoms with Crippen LogP contribution < -0.4 is 15.4 Å². The second kappa shape index (κ2) is 7.78. The first-order valence-corrected chi connectivity index (χ1v) is 6.02. The zero-order valence-corrected chi connectivity index (χ0v) is 11.0. The fourth-order valence-corrected chi connectivity index (χ4v) is 1.39. The van der Waals surface area contributed by atoms with Crippen molar-refractivity contribution in [3.05, 3.63) is 29.8 Å². The molecule has 2 amide bonds. The van der Waals surface area contributed by atoms with E-state index in [2.05, 4.69) is 10.6 Å². The molecule has 7 nitrogen and oxygen atoms in total. The van der Waals surface area contributed by atoms with Crippen LogP contribution in [-0.4, -0.2) is 42.6 Å². The lowest BCUT2D eigenvalue weighted by molar-refractivity contribution is -0.137. The van der Waals surface area contributed by atoms with Crippen LogP contribution in [0.1, 0.15) is 17.3 Å². The third-order valence-electron chi connectivity index (χ3n) is 2.25. The minimum atomic E-state index is -1.14. The van der Waals surface area contributed by atoms with Crippen molar-refractivity contribution in [3.63, 3.8) is 0 Å². The van der Waals surface area contributed by atoms with Crippen molar-refractivity contribution < 1.29 is 24.2 Å². The molecule has 0 bridgehead atoms. The Morgan fingerprint density at radius 2 is 1.95 bits per heavy atom. The molecule has 3 N–H and O–H groups in total. The first kappa shape index (κ1) is 15.5. The van der Waals surface area contributed by atoms with E-state index in [1.807, 2.05) is 6.92 Å². The lowest BCUT2D eigenvalue weighted by atomic mass is 10.2. The van der Waals surface area contributed by atoms with Crippen LogP contribution in [0.25, 0.3) is 0 Å². The Hall–Kier alpha value is -2.57. The molecule has 0 atom stereocenters. The number of hydrogen-bond acceptors (Lipinski definition) is 4. The molecule has 0 heterocycles. The minimum Gasteiger partial charge on any atom is -0.494 e. The van der Waals surface area contributed by atoms with E-state index in [1.165, 1.54) is 0 Å². The Labute approximate surface area is 115 Å². The molecule has 7 heteroatoms. The zero-order chi connectivity index (χ0) is 15.0. The first-order chi connectivity index (χ1) is 9.52. The van der Waals surface area contributed by atoms with Crippen LogP contribution in [0.3, 0.4) is 0 Å². The Morgan fingerprint density at radius 1 is 1.20 bits per heavy atom. The maximum Gasteiger partial charge on any atom is 0.322 e. The number of carboxylic acids is 1. The summed E-state index contributed by atoms with van der Waals surface area (Å²) in [4.78, 5) is 33.3. The molecule has 108 valence electrons. The van der Waals surface area contributed by atoms with E-state index in [0.717, 1.165) is 0 Å². The van der Waals surface area contributed by atoms with Crippen LogP contribution in [0.2, 0.25) is 0 Å². The summed E-state index contributed by atoms with van der Waals surface area (Å²) in [6.07, 6.45) is 0. The fraction of sp³-hybridized carbons (Fsp3) is 0.308. The number of hydrogen-bond donors (Lipinski definition) is 3. The summed E-state index contributed by atoms with van der Waals surface area (Å²) < 4.78 is 5.26. The van der Waals surface area contributed by atoms with Gasteiger partial charge in [0.1, 0.15) is 12.3 Å². The molecule has 0 aromatic heterocycles. The van der Waals surface area contributed by atoms with Crippen molar-refractivity contribution in [2.75, 3.05) is 19.7 Å². The van der Waals surface area contributed by atoms with E-state index in [9.17, 15) is 14.4 Å². The largest absolute Gasteiger partial charge is 0.494 e. The summed E-state index contributed by atoms with van der Waals surface area (Å²) >= 11 is 0. The fourth-order valence-electron chi connectivity index (χ4n) is 1.39. The summed E-state index contributed by atoms with van der Waals surface area (Å²) in [5, 5.41) is 12.9. The highest BCUT2D eigenvalue weighted by atomic mass is 16.5. The molecule has 1 aromatic rings. The van der Waals surface area contributed by atoms with Gasteiger partial charge in [-0.25, -0.2) is 0 Å². The van der Waals surface area contributed by atoms with Crippen LogP contribution in [0.15, 0.2) is 24.3 Å². The van der Waals surface area contributed by atoms with Gasteiger partial charge in [0.2, 0.25) is 5.91 Å². The maximum atomic E-state index is 11.8. The second-order valence-electron chi connectivity index (χ2n) is 3.81. The van der Waals surface area contributed by atoms with Crippen molar-refractivity contribution in [2.45, 2.75) is 6.92 Å². The molecule has 0 aliphatic rings. The van der Waals surface area contributed by atoms with Crippen molar-refractivity contribution in [3.8, 4) is 5.75 Å². The molecular weight excluding hydrogens is 264 g/mol. The van der Waals surface area contributed by atoms with E-state index < -0.39 is 24.3 Å². The number of aliphatic carboxylic acids is 1. The summed E-state index contributed by atoms with van der Waals surface area (Å²) in [5.41, 5.74) is 0.363. The average Bonchev–Trinajstić information content (AvgIpc) is 2.43. The molecule has 0 aliphatic heterocycles. The highest BCUT2D eigenvalue weighted by Gasteiger charge is 2.09. The predicted molar refractivity (Wildman–Crippen MR) is 70.6 cm³/mol. The Bertz CT molecular complexity index is 501. The van der Waals surface area contributed by atoms with Gasteiger partial charge in [0.15, 0.2) is 0 Å². The molecule has 0 spiro atoms. The SMILES string of the molecule is CCOc1cccc(C(=O)NCC(=O)NCC(=O)O)c1. The van der Waals surface area contributed by atoms with Gasteiger partial charge in [-0.1, -0.05) is 6.07 Å². The summed E-state index contributed by atoms with van der Waals surface area (Å²) in [5.74, 6) is -1.58. The summed E-state index contributed by atoms with van der Waals surface area (Å²) in [6.45, 7) is 1.56. The highest BCUT2D eigenvalue weighted by Crippen LogP contribution is 2.12. The van der Waals surface area contributed by atoms with Gasteiger partial charge in [0.05, 0.1) is 13.2 Å². The van der Waals surface area contributed by atoms with Crippen LogP contribution >= 0.6 is 0 Å². The van der Waals surface area contributed by atoms with Crippen LogP contribution in [0.4, 0.5) is 0 Å². The van der Waals surface area contributed by atoms with Crippen molar-refractivity contribution in [1.29, 1.82) is 0 Å². The van der Waals surface area contributed by atoms with Gasteiger partial charge in [0.25, 0.3) is 5.91 Å². The zero-order valence-electron chi connectivity index (χ0n) is 11.0. The standard InChI is InChI=1S/C13H16N2O5/c1-2-20-10-5-3-4-9(6-10)13(19)15-7-11(16)14-8-12(17)18/h3-6H,2,7-8H2,1H3,(H,14,16)(H,15,19)(H,17,18).